The molecule has 2 rings (SSSR count). The van der Waals surface area contributed by atoms with Crippen molar-refractivity contribution in [3.8, 4) is 0 Å². The monoisotopic (exact) mass is 287 g/mol. The number of carboxylic acid groups (broad SMARTS) is 1. The first kappa shape index (κ1) is 14.6. The summed E-state index contributed by atoms with van der Waals surface area (Å²) in [5.74, 6) is 0.782. The summed E-state index contributed by atoms with van der Waals surface area (Å²) < 4.78 is 0. The lowest BCUT2D eigenvalue weighted by Gasteiger charge is -2.05. The van der Waals surface area contributed by atoms with E-state index in [4.69, 9.17) is 5.11 Å². The highest BCUT2D eigenvalue weighted by Gasteiger charge is 2.03. The van der Waals surface area contributed by atoms with Crippen molar-refractivity contribution >= 4 is 17.7 Å². The fourth-order valence-corrected chi connectivity index (χ4v) is 2.95. The fraction of sp³-hybridized carbons (Fsp3) is 0.250. The lowest BCUT2D eigenvalue weighted by molar-refractivity contribution is 0.0696. The predicted molar refractivity (Wildman–Crippen MR) is 82.1 cm³/mol. The van der Waals surface area contributed by atoms with Gasteiger partial charge in [0.1, 0.15) is 0 Å². The maximum absolute atomic E-state index is 10.7. The number of thioether (sulfide) groups is 1. The third-order valence-electron chi connectivity index (χ3n) is 2.87. The summed E-state index contributed by atoms with van der Waals surface area (Å²) in [5.41, 5.74) is 5.01. The van der Waals surface area contributed by atoms with E-state index < -0.39 is 5.97 Å². The predicted octanol–water partition coefficient (Wildman–Crippen LogP) is 3.83. The molecule has 1 heterocycles. The molecule has 4 heteroatoms. The second-order valence-corrected chi connectivity index (χ2v) is 5.82. The number of aryl methyl sites for hydroxylation is 2. The highest BCUT2D eigenvalue weighted by atomic mass is 32.2. The van der Waals surface area contributed by atoms with Crippen molar-refractivity contribution in [3.63, 3.8) is 0 Å². The quantitative estimate of drug-likeness (QED) is 0.908. The standard InChI is InChI=1S/C16H17NO2S/c1-11-5-12(2)7-13(6-11)9-20-10-15-4-3-14(8-17-15)16(18)19/h3-8H,9-10H2,1-2H3,(H,18,19). The normalized spacial score (nSPS) is 10.5. The lowest BCUT2D eigenvalue weighted by atomic mass is 10.1. The molecule has 3 nitrogen and oxygen atoms in total. The zero-order valence-corrected chi connectivity index (χ0v) is 12.4. The molecule has 0 aliphatic heterocycles. The third kappa shape index (κ3) is 4.10. The molecule has 0 atom stereocenters. The van der Waals surface area contributed by atoms with Gasteiger partial charge in [-0.15, -0.1) is 0 Å². The first-order valence-electron chi connectivity index (χ1n) is 6.38. The smallest absolute Gasteiger partial charge is 0.337 e. The Hall–Kier alpha value is -1.81. The van der Waals surface area contributed by atoms with E-state index in [9.17, 15) is 4.79 Å². The van der Waals surface area contributed by atoms with Gasteiger partial charge in [0.15, 0.2) is 0 Å². The van der Waals surface area contributed by atoms with Crippen molar-refractivity contribution in [1.82, 2.24) is 4.98 Å². The number of rotatable bonds is 5. The number of carbonyl (C=O) groups is 1. The van der Waals surface area contributed by atoms with Gasteiger partial charge in [-0.2, -0.15) is 11.8 Å². The van der Waals surface area contributed by atoms with Crippen LogP contribution in [0.2, 0.25) is 0 Å². The zero-order valence-electron chi connectivity index (χ0n) is 11.6. The van der Waals surface area contributed by atoms with Crippen LogP contribution in [0.4, 0.5) is 0 Å². The van der Waals surface area contributed by atoms with E-state index in [1.807, 2.05) is 0 Å². The van der Waals surface area contributed by atoms with Gasteiger partial charge in [0.2, 0.25) is 0 Å². The molecule has 0 radical (unpaired) electrons. The van der Waals surface area contributed by atoms with Gasteiger partial charge in [-0.25, -0.2) is 4.79 Å². The Morgan fingerprint density at radius 2 is 1.85 bits per heavy atom. The summed E-state index contributed by atoms with van der Waals surface area (Å²) in [5, 5.41) is 8.81. The summed E-state index contributed by atoms with van der Waals surface area (Å²) in [4.78, 5) is 14.9. The molecular weight excluding hydrogens is 270 g/mol. The molecule has 0 spiro atoms. The number of nitrogens with zero attached hydrogens (tertiary/aromatic N) is 1. The molecule has 104 valence electrons. The van der Waals surface area contributed by atoms with Crippen molar-refractivity contribution in [2.45, 2.75) is 25.4 Å². The van der Waals surface area contributed by atoms with Gasteiger partial charge in [-0.3, -0.25) is 4.98 Å². The minimum Gasteiger partial charge on any atom is -0.478 e. The number of hydrogen-bond donors (Lipinski definition) is 1. The minimum atomic E-state index is -0.938. The van der Waals surface area contributed by atoms with Crippen LogP contribution in [0.15, 0.2) is 36.5 Å². The van der Waals surface area contributed by atoms with Crippen LogP contribution in [0.25, 0.3) is 0 Å². The van der Waals surface area contributed by atoms with Crippen LogP contribution in [0.3, 0.4) is 0 Å². The average Bonchev–Trinajstić information content (AvgIpc) is 2.38. The molecule has 0 fully saturated rings. The van der Waals surface area contributed by atoms with Gasteiger partial charge in [0.05, 0.1) is 11.3 Å². The molecule has 0 aliphatic carbocycles. The van der Waals surface area contributed by atoms with E-state index in [-0.39, 0.29) is 5.56 Å². The molecule has 1 N–H and O–H groups in total. The van der Waals surface area contributed by atoms with E-state index in [2.05, 4.69) is 37.0 Å². The van der Waals surface area contributed by atoms with E-state index >= 15 is 0 Å². The molecular formula is C16H17NO2S. The first-order valence-corrected chi connectivity index (χ1v) is 7.53. The van der Waals surface area contributed by atoms with Crippen LogP contribution in [0.1, 0.15) is 32.7 Å². The summed E-state index contributed by atoms with van der Waals surface area (Å²) in [6.45, 7) is 4.21. The van der Waals surface area contributed by atoms with E-state index in [1.54, 1.807) is 23.9 Å². The molecule has 20 heavy (non-hydrogen) atoms. The number of aromatic nitrogens is 1. The first-order chi connectivity index (χ1) is 9.54. The van der Waals surface area contributed by atoms with Crippen LogP contribution >= 0.6 is 11.8 Å². The Kier molecular flexibility index (Phi) is 4.79. The van der Waals surface area contributed by atoms with Gasteiger partial charge in [-0.05, 0) is 31.5 Å². The van der Waals surface area contributed by atoms with Gasteiger partial charge in [-0.1, -0.05) is 29.3 Å². The minimum absolute atomic E-state index is 0.230. The number of pyridine rings is 1. The Morgan fingerprint density at radius 1 is 1.15 bits per heavy atom. The van der Waals surface area contributed by atoms with Gasteiger partial charge in [0, 0.05) is 17.7 Å². The molecule has 0 unspecified atom stereocenters. The molecule has 0 aliphatic rings. The van der Waals surface area contributed by atoms with Crippen LogP contribution in [-0.4, -0.2) is 16.1 Å². The van der Waals surface area contributed by atoms with Crippen LogP contribution in [0.5, 0.6) is 0 Å². The Balaban J connectivity index is 1.90. The molecule has 0 saturated heterocycles. The molecule has 1 aromatic carbocycles. The van der Waals surface area contributed by atoms with E-state index in [0.717, 1.165) is 17.2 Å². The lowest BCUT2D eigenvalue weighted by Crippen LogP contribution is -1.98. The highest BCUT2D eigenvalue weighted by molar-refractivity contribution is 7.97. The number of benzene rings is 1. The van der Waals surface area contributed by atoms with Crippen LogP contribution in [0, 0.1) is 13.8 Å². The van der Waals surface area contributed by atoms with E-state index in [1.165, 1.54) is 22.9 Å². The summed E-state index contributed by atoms with van der Waals surface area (Å²) >= 11 is 1.78. The summed E-state index contributed by atoms with van der Waals surface area (Å²) in [6.07, 6.45) is 1.41. The Bertz CT molecular complexity index is 588. The SMILES string of the molecule is Cc1cc(C)cc(CSCc2ccc(C(=O)O)cn2)c1. The van der Waals surface area contributed by atoms with Gasteiger partial charge < -0.3 is 5.11 Å². The number of hydrogen-bond acceptors (Lipinski definition) is 3. The van der Waals surface area contributed by atoms with Gasteiger partial charge >= 0.3 is 5.97 Å². The Labute approximate surface area is 123 Å². The van der Waals surface area contributed by atoms with Crippen LogP contribution in [-0.2, 0) is 11.5 Å². The molecule has 1 aromatic heterocycles. The number of aromatic carboxylic acids is 1. The average molecular weight is 287 g/mol. The van der Waals surface area contributed by atoms with E-state index in [0.29, 0.717) is 0 Å². The third-order valence-corrected chi connectivity index (χ3v) is 3.91. The molecule has 2 aromatic rings. The largest absolute Gasteiger partial charge is 0.478 e. The van der Waals surface area contributed by atoms with Crippen molar-refractivity contribution in [2.24, 2.45) is 0 Å². The fourth-order valence-electron chi connectivity index (χ4n) is 2.06. The van der Waals surface area contributed by atoms with Crippen molar-refractivity contribution < 1.29 is 9.90 Å². The highest BCUT2D eigenvalue weighted by Crippen LogP contribution is 2.19. The topological polar surface area (TPSA) is 50.2 Å². The maximum Gasteiger partial charge on any atom is 0.337 e. The Morgan fingerprint density at radius 3 is 2.40 bits per heavy atom. The zero-order chi connectivity index (χ0) is 14.5. The molecule has 0 amide bonds. The summed E-state index contributed by atoms with van der Waals surface area (Å²) in [6, 6.07) is 9.93. The second-order valence-electron chi connectivity index (χ2n) is 4.83. The number of carboxylic acids is 1. The summed E-state index contributed by atoms with van der Waals surface area (Å²) in [7, 11) is 0. The maximum atomic E-state index is 10.7. The van der Waals surface area contributed by atoms with Gasteiger partial charge in [0.25, 0.3) is 0 Å². The molecule has 0 saturated carbocycles. The van der Waals surface area contributed by atoms with Crippen LogP contribution < -0.4 is 0 Å². The van der Waals surface area contributed by atoms with Crippen molar-refractivity contribution in [2.75, 3.05) is 0 Å². The van der Waals surface area contributed by atoms with Crippen molar-refractivity contribution in [3.05, 3.63) is 64.5 Å². The second kappa shape index (κ2) is 6.57. The molecule has 0 bridgehead atoms. The van der Waals surface area contributed by atoms with Crippen molar-refractivity contribution in [1.29, 1.82) is 0 Å².